The molecule has 1 aromatic carbocycles. The van der Waals surface area contributed by atoms with Gasteiger partial charge in [0.15, 0.2) is 11.6 Å². The van der Waals surface area contributed by atoms with Crippen molar-refractivity contribution in [3.05, 3.63) is 65.5 Å². The summed E-state index contributed by atoms with van der Waals surface area (Å²) in [6.07, 6.45) is 12.2. The van der Waals surface area contributed by atoms with E-state index in [1.54, 1.807) is 6.20 Å². The van der Waals surface area contributed by atoms with Gasteiger partial charge in [-0.3, -0.25) is 9.78 Å². The molecule has 35 heavy (non-hydrogen) atoms. The van der Waals surface area contributed by atoms with Gasteiger partial charge in [0.1, 0.15) is 5.82 Å². The number of carboxylic acids is 1. The van der Waals surface area contributed by atoms with Crippen LogP contribution in [0.25, 0.3) is 28.0 Å². The second kappa shape index (κ2) is 10.9. The van der Waals surface area contributed by atoms with Crippen molar-refractivity contribution in [3.63, 3.8) is 0 Å². The lowest BCUT2D eigenvalue weighted by molar-refractivity contribution is -0.138. The highest BCUT2D eigenvalue weighted by Gasteiger charge is 2.24. The topological polar surface area (TPSA) is 78.9 Å². The average Bonchev–Trinajstić information content (AvgIpc) is 3.25. The number of carbonyl (C=O) groups is 1. The van der Waals surface area contributed by atoms with E-state index in [1.165, 1.54) is 5.57 Å². The van der Waals surface area contributed by atoms with E-state index in [1.807, 2.05) is 12.1 Å². The van der Waals surface area contributed by atoms with Gasteiger partial charge in [0, 0.05) is 30.3 Å². The Morgan fingerprint density at radius 1 is 1.09 bits per heavy atom. The minimum Gasteiger partial charge on any atom is -0.481 e. The fraction of sp³-hybridized carbons (Fsp3) is 0.393. The first kappa shape index (κ1) is 24.8. The number of nitrogens with zero attached hydrogens (tertiary/aromatic N) is 2. The smallest absolute Gasteiger partial charge is 0.303 e. The van der Waals surface area contributed by atoms with Crippen LogP contribution in [0.2, 0.25) is 0 Å². The van der Waals surface area contributed by atoms with E-state index in [0.717, 1.165) is 67.5 Å². The molecule has 7 heteroatoms. The van der Waals surface area contributed by atoms with Crippen molar-refractivity contribution in [2.24, 2.45) is 11.8 Å². The molecule has 0 spiro atoms. The molecule has 0 aliphatic heterocycles. The highest BCUT2D eigenvalue weighted by Crippen LogP contribution is 2.36. The Morgan fingerprint density at radius 2 is 1.83 bits per heavy atom. The van der Waals surface area contributed by atoms with E-state index < -0.39 is 17.6 Å². The third-order valence-electron chi connectivity index (χ3n) is 7.01. The number of pyridine rings is 1. The van der Waals surface area contributed by atoms with E-state index in [2.05, 4.69) is 41.0 Å². The quantitative estimate of drug-likeness (QED) is 0.332. The molecule has 2 N–H and O–H groups in total. The number of H-pyrrole nitrogens is 1. The highest BCUT2D eigenvalue weighted by atomic mass is 19.2. The molecule has 0 radical (unpaired) electrons. The Balaban J connectivity index is 1.49. The van der Waals surface area contributed by atoms with Crippen molar-refractivity contribution in [3.8, 4) is 11.4 Å². The van der Waals surface area contributed by atoms with E-state index in [-0.39, 0.29) is 6.42 Å². The number of halogens is 2. The lowest BCUT2D eigenvalue weighted by Crippen LogP contribution is -2.18. The average molecular weight is 480 g/mol. The third kappa shape index (κ3) is 5.84. The summed E-state index contributed by atoms with van der Waals surface area (Å²) in [7, 11) is 0. The maximum Gasteiger partial charge on any atom is 0.303 e. The standard InChI is InChI=1S/C28H31F2N3O2/c1-3-18(20-7-5-17(6-8-20)13-27(34)35)9-10-19(4-2)24-12-11-21(16-31-24)28-32-25-14-22(29)23(30)15-26(25)33-28/h9-12,14-17,20H,3-8,13H2,1-2H3,(H,32,33)(H,34,35)/b18-9+,19-10+. The fourth-order valence-electron chi connectivity index (χ4n) is 4.98. The van der Waals surface area contributed by atoms with Crippen LogP contribution < -0.4 is 0 Å². The van der Waals surface area contributed by atoms with Crippen molar-refractivity contribution >= 4 is 22.6 Å². The monoisotopic (exact) mass is 479 g/mol. The number of hydrogen-bond donors (Lipinski definition) is 2. The number of hydrogen-bond acceptors (Lipinski definition) is 3. The van der Waals surface area contributed by atoms with Gasteiger partial charge in [-0.05, 0) is 68.1 Å². The van der Waals surface area contributed by atoms with Gasteiger partial charge in [-0.2, -0.15) is 0 Å². The second-order valence-corrected chi connectivity index (χ2v) is 9.26. The minimum absolute atomic E-state index is 0.279. The van der Waals surface area contributed by atoms with Crippen molar-refractivity contribution in [2.45, 2.75) is 58.8 Å². The molecule has 1 aliphatic rings. The van der Waals surface area contributed by atoms with Crippen molar-refractivity contribution in [1.29, 1.82) is 0 Å². The summed E-state index contributed by atoms with van der Waals surface area (Å²) in [5, 5.41) is 9.05. The number of benzene rings is 1. The van der Waals surface area contributed by atoms with Gasteiger partial charge >= 0.3 is 5.97 Å². The van der Waals surface area contributed by atoms with E-state index in [4.69, 9.17) is 5.11 Å². The number of nitrogens with one attached hydrogen (secondary N) is 1. The summed E-state index contributed by atoms with van der Waals surface area (Å²) in [5.41, 5.74) is 4.95. The Hall–Kier alpha value is -3.35. The lowest BCUT2D eigenvalue weighted by Gasteiger charge is -2.29. The van der Waals surface area contributed by atoms with Gasteiger partial charge < -0.3 is 10.1 Å². The Labute approximate surface area is 204 Å². The summed E-state index contributed by atoms with van der Waals surface area (Å²) in [6.45, 7) is 4.27. The van der Waals surface area contributed by atoms with Crippen LogP contribution in [0.3, 0.4) is 0 Å². The molecule has 2 heterocycles. The van der Waals surface area contributed by atoms with Crippen molar-refractivity contribution in [2.75, 3.05) is 0 Å². The van der Waals surface area contributed by atoms with Crippen molar-refractivity contribution in [1.82, 2.24) is 15.0 Å². The summed E-state index contributed by atoms with van der Waals surface area (Å²) in [5.74, 6) is -1.20. The summed E-state index contributed by atoms with van der Waals surface area (Å²) in [4.78, 5) is 23.0. The largest absolute Gasteiger partial charge is 0.481 e. The van der Waals surface area contributed by atoms with Crippen LogP contribution in [-0.4, -0.2) is 26.0 Å². The highest BCUT2D eigenvalue weighted by molar-refractivity contribution is 5.79. The number of fused-ring (bicyclic) bond motifs is 1. The Morgan fingerprint density at radius 3 is 2.46 bits per heavy atom. The van der Waals surface area contributed by atoms with E-state index in [0.29, 0.717) is 28.7 Å². The molecule has 184 valence electrons. The molecule has 0 atom stereocenters. The Kier molecular flexibility index (Phi) is 7.73. The Bertz CT molecular complexity index is 1210. The van der Waals surface area contributed by atoms with Crippen LogP contribution in [0.4, 0.5) is 8.78 Å². The van der Waals surface area contributed by atoms with Crippen molar-refractivity contribution < 1.29 is 18.7 Å². The van der Waals surface area contributed by atoms with Gasteiger partial charge in [0.05, 0.1) is 16.7 Å². The van der Waals surface area contributed by atoms with Gasteiger partial charge in [-0.1, -0.05) is 31.6 Å². The maximum atomic E-state index is 13.5. The molecule has 2 aromatic heterocycles. The number of allylic oxidation sites excluding steroid dienone is 4. The normalized spacial score (nSPS) is 19.3. The van der Waals surface area contributed by atoms with Crippen LogP contribution in [0.1, 0.15) is 64.5 Å². The first-order chi connectivity index (χ1) is 16.9. The van der Waals surface area contributed by atoms with Gasteiger partial charge in [0.2, 0.25) is 0 Å². The summed E-state index contributed by atoms with van der Waals surface area (Å²) >= 11 is 0. The third-order valence-corrected chi connectivity index (χ3v) is 7.01. The number of rotatable bonds is 8. The number of aromatic amines is 1. The predicted molar refractivity (Wildman–Crippen MR) is 134 cm³/mol. The molecule has 0 amide bonds. The molecule has 1 saturated carbocycles. The molecular formula is C28H31F2N3O2. The number of carboxylic acid groups (broad SMARTS) is 1. The van der Waals surface area contributed by atoms with Crippen LogP contribution in [0.15, 0.2) is 48.2 Å². The SMILES string of the molecule is CC/C(=C\C=C(/CC)C1CCC(CC(=O)O)CC1)c1ccc(-c2nc3cc(F)c(F)cc3[nH]2)cn1. The molecule has 1 aliphatic carbocycles. The zero-order valence-corrected chi connectivity index (χ0v) is 20.2. The molecule has 1 fully saturated rings. The first-order valence-corrected chi connectivity index (χ1v) is 12.3. The number of aliphatic carboxylic acids is 1. The summed E-state index contributed by atoms with van der Waals surface area (Å²) in [6, 6.07) is 6.04. The minimum atomic E-state index is -0.922. The predicted octanol–water partition coefficient (Wildman–Crippen LogP) is 7.31. The summed E-state index contributed by atoms with van der Waals surface area (Å²) < 4.78 is 27.0. The molecular weight excluding hydrogens is 448 g/mol. The second-order valence-electron chi connectivity index (χ2n) is 9.26. The molecule has 3 aromatic rings. The maximum absolute atomic E-state index is 13.5. The van der Waals surface area contributed by atoms with Crippen LogP contribution in [0, 0.1) is 23.5 Å². The first-order valence-electron chi connectivity index (χ1n) is 12.3. The number of imidazole rings is 1. The molecule has 4 rings (SSSR count). The zero-order valence-electron chi connectivity index (χ0n) is 20.2. The van der Waals surface area contributed by atoms with E-state index in [9.17, 15) is 13.6 Å². The zero-order chi connectivity index (χ0) is 24.9. The lowest BCUT2D eigenvalue weighted by atomic mass is 9.76. The molecule has 0 unspecified atom stereocenters. The molecule has 5 nitrogen and oxygen atoms in total. The van der Waals surface area contributed by atoms with E-state index >= 15 is 0 Å². The van der Waals surface area contributed by atoms with Gasteiger partial charge in [-0.25, -0.2) is 13.8 Å². The van der Waals surface area contributed by atoms with Crippen LogP contribution in [0.5, 0.6) is 0 Å². The molecule has 0 saturated heterocycles. The van der Waals surface area contributed by atoms with Gasteiger partial charge in [-0.15, -0.1) is 0 Å². The fourth-order valence-corrected chi connectivity index (χ4v) is 4.98. The van der Waals surface area contributed by atoms with Gasteiger partial charge in [0.25, 0.3) is 0 Å². The van der Waals surface area contributed by atoms with Crippen LogP contribution >= 0.6 is 0 Å². The number of aromatic nitrogens is 3. The van der Waals surface area contributed by atoms with Crippen LogP contribution in [-0.2, 0) is 4.79 Å². The molecule has 0 bridgehead atoms.